The molecule has 7 nitrogen and oxygen atoms in total. The zero-order valence-electron chi connectivity index (χ0n) is 16.1. The Balaban J connectivity index is 1.52. The maximum atomic E-state index is 12.0. The zero-order chi connectivity index (χ0) is 19.8. The van der Waals surface area contributed by atoms with E-state index in [0.29, 0.717) is 23.7 Å². The van der Waals surface area contributed by atoms with Gasteiger partial charge >= 0.3 is 0 Å². The Morgan fingerprint density at radius 1 is 1.32 bits per heavy atom. The van der Waals surface area contributed by atoms with Crippen molar-refractivity contribution in [3.8, 4) is 11.5 Å². The first kappa shape index (κ1) is 20.3. The number of thiophene rings is 1. The molecule has 1 aliphatic heterocycles. The standard InChI is InChI=1S/C20H25N3O4S/c1-15-11-17(14-28-15)20(24)22-21-13-16-3-4-18(19(12-16)25-2)27-10-7-23-5-8-26-9-6-23/h3-4,11-14H,5-10H2,1-2H3,(H,22,24). The lowest BCUT2D eigenvalue weighted by atomic mass is 10.2. The highest BCUT2D eigenvalue weighted by atomic mass is 32.1. The molecule has 3 rings (SSSR count). The van der Waals surface area contributed by atoms with Crippen molar-refractivity contribution in [2.75, 3.05) is 46.6 Å². The second kappa shape index (κ2) is 10.2. The van der Waals surface area contributed by atoms with Crippen LogP contribution in [0, 0.1) is 6.92 Å². The second-order valence-electron chi connectivity index (χ2n) is 6.36. The molecule has 1 amide bonds. The molecule has 1 N–H and O–H groups in total. The minimum Gasteiger partial charge on any atom is -0.493 e. The molecule has 0 radical (unpaired) electrons. The fourth-order valence-electron chi connectivity index (χ4n) is 2.79. The summed E-state index contributed by atoms with van der Waals surface area (Å²) in [5.41, 5.74) is 3.95. The van der Waals surface area contributed by atoms with Crippen LogP contribution in [-0.2, 0) is 4.74 Å². The maximum Gasteiger partial charge on any atom is 0.272 e. The molecule has 0 saturated carbocycles. The number of amides is 1. The van der Waals surface area contributed by atoms with Gasteiger partial charge in [-0.1, -0.05) is 0 Å². The lowest BCUT2D eigenvalue weighted by molar-refractivity contribution is 0.0321. The molecule has 0 atom stereocenters. The predicted molar refractivity (Wildman–Crippen MR) is 110 cm³/mol. The van der Waals surface area contributed by atoms with Gasteiger partial charge in [0.05, 0.1) is 32.1 Å². The van der Waals surface area contributed by atoms with Crippen LogP contribution in [0.15, 0.2) is 34.7 Å². The Morgan fingerprint density at radius 3 is 2.86 bits per heavy atom. The van der Waals surface area contributed by atoms with E-state index >= 15 is 0 Å². The van der Waals surface area contributed by atoms with Crippen molar-refractivity contribution in [1.82, 2.24) is 10.3 Å². The highest BCUT2D eigenvalue weighted by Crippen LogP contribution is 2.27. The minimum atomic E-state index is -0.226. The SMILES string of the molecule is COc1cc(C=NNC(=O)c2csc(C)c2)ccc1OCCN1CCOCC1. The number of rotatable bonds is 8. The Hall–Kier alpha value is -2.42. The molecule has 2 heterocycles. The number of carbonyl (C=O) groups excluding carboxylic acids is 1. The van der Waals surface area contributed by atoms with Crippen molar-refractivity contribution in [3.63, 3.8) is 0 Å². The van der Waals surface area contributed by atoms with Gasteiger partial charge in [0.1, 0.15) is 6.61 Å². The molecule has 8 heteroatoms. The Kier molecular flexibility index (Phi) is 7.41. The predicted octanol–water partition coefficient (Wildman–Crippen LogP) is 2.54. The first-order chi connectivity index (χ1) is 13.7. The average molecular weight is 404 g/mol. The van der Waals surface area contributed by atoms with Crippen LogP contribution in [0.3, 0.4) is 0 Å². The Bertz CT molecular complexity index is 816. The van der Waals surface area contributed by atoms with Gasteiger partial charge in [-0.05, 0) is 36.8 Å². The fourth-order valence-corrected chi connectivity index (χ4v) is 3.47. The molecule has 1 aromatic heterocycles. The average Bonchev–Trinajstić information content (AvgIpc) is 3.16. The van der Waals surface area contributed by atoms with E-state index in [1.54, 1.807) is 13.3 Å². The van der Waals surface area contributed by atoms with Gasteiger partial charge < -0.3 is 14.2 Å². The third-order valence-corrected chi connectivity index (χ3v) is 5.19. The normalized spacial score (nSPS) is 14.9. The van der Waals surface area contributed by atoms with E-state index in [1.165, 1.54) is 11.3 Å². The molecule has 0 unspecified atom stereocenters. The highest BCUT2D eigenvalue weighted by Gasteiger charge is 2.11. The summed E-state index contributed by atoms with van der Waals surface area (Å²) in [5.74, 6) is 1.09. The molecule has 1 fully saturated rings. The smallest absolute Gasteiger partial charge is 0.272 e. The summed E-state index contributed by atoms with van der Waals surface area (Å²) in [6, 6.07) is 7.39. The summed E-state index contributed by atoms with van der Waals surface area (Å²) >= 11 is 1.53. The lowest BCUT2D eigenvalue weighted by Crippen LogP contribution is -2.38. The van der Waals surface area contributed by atoms with E-state index in [9.17, 15) is 4.79 Å². The molecule has 0 spiro atoms. The largest absolute Gasteiger partial charge is 0.493 e. The first-order valence-electron chi connectivity index (χ1n) is 9.15. The highest BCUT2D eigenvalue weighted by molar-refractivity contribution is 7.10. The van der Waals surface area contributed by atoms with Crippen molar-refractivity contribution in [2.24, 2.45) is 5.10 Å². The van der Waals surface area contributed by atoms with E-state index in [-0.39, 0.29) is 5.91 Å². The number of hydrazone groups is 1. The van der Waals surface area contributed by atoms with E-state index in [0.717, 1.165) is 43.3 Å². The van der Waals surface area contributed by atoms with Gasteiger partial charge in [0.25, 0.3) is 5.91 Å². The van der Waals surface area contributed by atoms with Crippen LogP contribution in [0.4, 0.5) is 0 Å². The molecule has 1 aromatic carbocycles. The number of hydrogen-bond donors (Lipinski definition) is 1. The van der Waals surface area contributed by atoms with E-state index in [1.807, 2.05) is 36.6 Å². The molecule has 1 saturated heterocycles. The number of aryl methyl sites for hydroxylation is 1. The number of nitrogens with zero attached hydrogens (tertiary/aromatic N) is 2. The topological polar surface area (TPSA) is 72.4 Å². The van der Waals surface area contributed by atoms with Crippen LogP contribution < -0.4 is 14.9 Å². The number of morpholine rings is 1. The van der Waals surface area contributed by atoms with Gasteiger partial charge in [-0.25, -0.2) is 5.43 Å². The van der Waals surface area contributed by atoms with Crippen LogP contribution in [0.25, 0.3) is 0 Å². The number of methoxy groups -OCH3 is 1. The van der Waals surface area contributed by atoms with Gasteiger partial charge in [-0.15, -0.1) is 11.3 Å². The molecular weight excluding hydrogens is 378 g/mol. The monoisotopic (exact) mass is 403 g/mol. The van der Waals surface area contributed by atoms with Gasteiger partial charge in [0.15, 0.2) is 11.5 Å². The Labute approximate surface area is 168 Å². The molecule has 0 bridgehead atoms. The molecule has 150 valence electrons. The molecular formula is C20H25N3O4S. The van der Waals surface area contributed by atoms with Crippen molar-refractivity contribution in [2.45, 2.75) is 6.92 Å². The van der Waals surface area contributed by atoms with Crippen molar-refractivity contribution in [3.05, 3.63) is 45.6 Å². The summed E-state index contributed by atoms with van der Waals surface area (Å²) in [5, 5.41) is 5.83. The zero-order valence-corrected chi connectivity index (χ0v) is 17.0. The minimum absolute atomic E-state index is 0.226. The molecule has 0 aliphatic carbocycles. The number of nitrogens with one attached hydrogen (secondary N) is 1. The third kappa shape index (κ3) is 5.79. The second-order valence-corrected chi connectivity index (χ2v) is 7.47. The van der Waals surface area contributed by atoms with Crippen LogP contribution in [0.5, 0.6) is 11.5 Å². The Morgan fingerprint density at radius 2 is 2.14 bits per heavy atom. The van der Waals surface area contributed by atoms with Gasteiger partial charge in [-0.3, -0.25) is 9.69 Å². The number of carbonyl (C=O) groups is 1. The maximum absolute atomic E-state index is 12.0. The molecule has 28 heavy (non-hydrogen) atoms. The number of benzene rings is 1. The van der Waals surface area contributed by atoms with Crippen LogP contribution >= 0.6 is 11.3 Å². The van der Waals surface area contributed by atoms with E-state index < -0.39 is 0 Å². The number of hydrogen-bond acceptors (Lipinski definition) is 7. The van der Waals surface area contributed by atoms with Crippen molar-refractivity contribution < 1.29 is 19.0 Å². The van der Waals surface area contributed by atoms with Crippen LogP contribution in [0.2, 0.25) is 0 Å². The third-order valence-electron chi connectivity index (χ3n) is 4.33. The van der Waals surface area contributed by atoms with Crippen molar-refractivity contribution in [1.29, 1.82) is 0 Å². The fraction of sp³-hybridized carbons (Fsp3) is 0.400. The summed E-state index contributed by atoms with van der Waals surface area (Å²) in [4.78, 5) is 15.4. The van der Waals surface area contributed by atoms with Crippen LogP contribution in [0.1, 0.15) is 20.8 Å². The first-order valence-corrected chi connectivity index (χ1v) is 10.0. The summed E-state index contributed by atoms with van der Waals surface area (Å²) < 4.78 is 16.6. The molecule has 1 aliphatic rings. The van der Waals surface area contributed by atoms with Gasteiger partial charge in [0, 0.05) is 29.9 Å². The van der Waals surface area contributed by atoms with Gasteiger partial charge in [0.2, 0.25) is 0 Å². The van der Waals surface area contributed by atoms with E-state index in [4.69, 9.17) is 14.2 Å². The quantitative estimate of drug-likeness (QED) is 0.542. The number of ether oxygens (including phenoxy) is 3. The van der Waals surface area contributed by atoms with Crippen LogP contribution in [-0.4, -0.2) is 63.6 Å². The van der Waals surface area contributed by atoms with Crippen molar-refractivity contribution >= 4 is 23.5 Å². The summed E-state index contributed by atoms with van der Waals surface area (Å²) in [7, 11) is 1.60. The van der Waals surface area contributed by atoms with Gasteiger partial charge in [-0.2, -0.15) is 5.10 Å². The summed E-state index contributed by atoms with van der Waals surface area (Å²) in [6.45, 7) is 6.82. The lowest BCUT2D eigenvalue weighted by Gasteiger charge is -2.26. The van der Waals surface area contributed by atoms with E-state index in [2.05, 4.69) is 15.4 Å². The summed E-state index contributed by atoms with van der Waals surface area (Å²) in [6.07, 6.45) is 1.58. The molecule has 2 aromatic rings.